The molecule has 0 radical (unpaired) electrons. The van der Waals surface area contributed by atoms with Crippen molar-refractivity contribution in [2.75, 3.05) is 0 Å². The Kier molecular flexibility index (Phi) is 12.8. The zero-order valence-corrected chi connectivity index (χ0v) is 4.38. The van der Waals surface area contributed by atoms with E-state index in [0.717, 1.165) is 0 Å². The van der Waals surface area contributed by atoms with Crippen LogP contribution in [0.5, 0.6) is 0 Å². The molecule has 0 saturated heterocycles. The van der Waals surface area contributed by atoms with Crippen molar-refractivity contribution in [1.82, 2.24) is 0 Å². The Balaban J connectivity index is 0. The lowest BCUT2D eigenvalue weighted by Crippen LogP contribution is -1.39. The molecule has 0 N–H and O–H groups in total. The van der Waals surface area contributed by atoms with Crippen LogP contribution in [0.4, 0.5) is 8.78 Å². The third kappa shape index (κ3) is 27.9. The van der Waals surface area contributed by atoms with Crippen LogP contribution in [0.25, 0.3) is 0 Å². The smallest absolute Gasteiger partial charge is 0.211 e. The van der Waals surface area contributed by atoms with Crippen molar-refractivity contribution in [3.8, 4) is 0 Å². The molecule has 0 rings (SSSR count). The average Bonchev–Trinajstić information content (AvgIpc) is 1.73. The Bertz CT molecular complexity index is 56.7. The molecular weight excluding hydrogens is 121 g/mol. The fraction of sp³-hybridized carbons (Fsp3) is 0. The van der Waals surface area contributed by atoms with E-state index in [4.69, 9.17) is 0 Å². The summed E-state index contributed by atoms with van der Waals surface area (Å²) in [7, 11) is 0. The van der Waals surface area contributed by atoms with E-state index in [-0.39, 0.29) is 6.33 Å². The topological polar surface area (TPSA) is 0 Å². The third-order valence-corrected chi connectivity index (χ3v) is 0.165. The van der Waals surface area contributed by atoms with E-state index in [9.17, 15) is 8.78 Å². The van der Waals surface area contributed by atoms with Crippen molar-refractivity contribution >= 4 is 11.6 Å². The maximum absolute atomic E-state index is 10.7. The molecule has 0 aliphatic heterocycles. The molecule has 3 heteroatoms. The monoisotopic (exact) mass is 126 g/mol. The van der Waals surface area contributed by atoms with Gasteiger partial charge in [-0.3, -0.25) is 0 Å². The van der Waals surface area contributed by atoms with Crippen LogP contribution < -0.4 is 0 Å². The van der Waals surface area contributed by atoms with Gasteiger partial charge in [0.05, 0.1) is 0 Å². The largest absolute Gasteiger partial charge is 0.217 e. The standard InChI is InChI=1S/C2HClF2.C2H4/c3-2(5)1-4;1-2/h1H;1-2H2. The molecule has 0 spiro atoms. The highest BCUT2D eigenvalue weighted by atomic mass is 35.5. The van der Waals surface area contributed by atoms with Crippen LogP contribution in [0.15, 0.2) is 24.8 Å². The molecular formula is C4H5ClF2. The second-order valence-electron chi connectivity index (χ2n) is 0.399. The van der Waals surface area contributed by atoms with Crippen molar-refractivity contribution in [3.05, 3.63) is 24.8 Å². The van der Waals surface area contributed by atoms with E-state index >= 15 is 0 Å². The fourth-order valence-electron chi connectivity index (χ4n) is 0. The molecule has 0 bridgehead atoms. The van der Waals surface area contributed by atoms with Gasteiger partial charge in [0.25, 0.3) is 0 Å². The highest BCUT2D eigenvalue weighted by molar-refractivity contribution is 6.27. The van der Waals surface area contributed by atoms with Gasteiger partial charge in [-0.2, -0.15) is 4.39 Å². The Labute approximate surface area is 46.1 Å². The van der Waals surface area contributed by atoms with Gasteiger partial charge in [0.15, 0.2) is 0 Å². The van der Waals surface area contributed by atoms with Crippen molar-refractivity contribution in [3.63, 3.8) is 0 Å². The predicted molar refractivity (Wildman–Crippen MR) is 27.4 cm³/mol. The molecule has 7 heavy (non-hydrogen) atoms. The van der Waals surface area contributed by atoms with Crippen molar-refractivity contribution in [2.24, 2.45) is 0 Å². The first-order valence-corrected chi connectivity index (χ1v) is 1.76. The van der Waals surface area contributed by atoms with Gasteiger partial charge < -0.3 is 0 Å². The van der Waals surface area contributed by atoms with Gasteiger partial charge in [-0.05, 0) is 11.6 Å². The molecule has 0 fully saturated rings. The number of hydrogen-bond acceptors (Lipinski definition) is 0. The molecule has 0 saturated carbocycles. The Hall–Kier alpha value is -0.370. The Morgan fingerprint density at radius 3 is 1.71 bits per heavy atom. The highest BCUT2D eigenvalue weighted by Crippen LogP contribution is 1.99. The first-order chi connectivity index (χ1) is 3.27. The normalized spacial score (nSPS) is 9.29. The maximum Gasteiger partial charge on any atom is 0.217 e. The molecule has 42 valence electrons. The SMILES string of the molecule is C=C.FC=C(F)Cl. The van der Waals surface area contributed by atoms with Crippen LogP contribution >= 0.6 is 11.6 Å². The lowest BCUT2D eigenvalue weighted by atomic mass is 11.2. The van der Waals surface area contributed by atoms with Crippen molar-refractivity contribution in [2.45, 2.75) is 0 Å². The zero-order chi connectivity index (χ0) is 6.28. The van der Waals surface area contributed by atoms with Gasteiger partial charge >= 0.3 is 0 Å². The van der Waals surface area contributed by atoms with Crippen molar-refractivity contribution < 1.29 is 8.78 Å². The highest BCUT2D eigenvalue weighted by Gasteiger charge is 1.75. The summed E-state index contributed by atoms with van der Waals surface area (Å²) in [6.45, 7) is 6.00. The first kappa shape index (κ1) is 9.80. The number of halogens is 3. The number of rotatable bonds is 0. The Morgan fingerprint density at radius 2 is 1.71 bits per heavy atom. The van der Waals surface area contributed by atoms with Gasteiger partial charge in [0.1, 0.15) is 6.33 Å². The van der Waals surface area contributed by atoms with Crippen LogP contribution in [0.1, 0.15) is 0 Å². The van der Waals surface area contributed by atoms with Gasteiger partial charge in [-0.25, -0.2) is 4.39 Å². The molecule has 0 aromatic heterocycles. The lowest BCUT2D eigenvalue weighted by molar-refractivity contribution is 0.627. The molecule has 0 atom stereocenters. The lowest BCUT2D eigenvalue weighted by Gasteiger charge is -1.61. The predicted octanol–water partition coefficient (Wildman–Crippen LogP) is 2.77. The van der Waals surface area contributed by atoms with Gasteiger partial charge in [0.2, 0.25) is 5.29 Å². The molecule has 0 aliphatic carbocycles. The summed E-state index contributed by atoms with van der Waals surface area (Å²) in [5.41, 5.74) is 0. The number of hydrogen-bond donors (Lipinski definition) is 0. The van der Waals surface area contributed by atoms with E-state index in [1.165, 1.54) is 0 Å². The molecule has 0 heterocycles. The summed E-state index contributed by atoms with van der Waals surface area (Å²) in [6.07, 6.45) is -0.318. The van der Waals surface area contributed by atoms with E-state index in [1.54, 1.807) is 0 Å². The summed E-state index contributed by atoms with van der Waals surface area (Å²) in [4.78, 5) is 0. The Morgan fingerprint density at radius 1 is 1.57 bits per heavy atom. The summed E-state index contributed by atoms with van der Waals surface area (Å²) >= 11 is 4.28. The van der Waals surface area contributed by atoms with E-state index in [1.807, 2.05) is 0 Å². The molecule has 0 amide bonds. The molecule has 0 aromatic carbocycles. The minimum absolute atomic E-state index is 0.318. The second-order valence-corrected chi connectivity index (χ2v) is 0.760. The van der Waals surface area contributed by atoms with E-state index in [2.05, 4.69) is 24.8 Å². The van der Waals surface area contributed by atoms with Crippen LogP contribution in [-0.4, -0.2) is 0 Å². The van der Waals surface area contributed by atoms with Crippen LogP contribution in [0.2, 0.25) is 0 Å². The zero-order valence-electron chi connectivity index (χ0n) is 3.63. The molecule has 0 nitrogen and oxygen atoms in total. The summed E-state index contributed by atoms with van der Waals surface area (Å²) in [5.74, 6) is 0. The average molecular weight is 127 g/mol. The van der Waals surface area contributed by atoms with Gasteiger partial charge in [0, 0.05) is 0 Å². The first-order valence-electron chi connectivity index (χ1n) is 1.38. The minimum Gasteiger partial charge on any atom is -0.211 e. The van der Waals surface area contributed by atoms with Crippen LogP contribution in [-0.2, 0) is 0 Å². The van der Waals surface area contributed by atoms with E-state index < -0.39 is 5.29 Å². The maximum atomic E-state index is 10.7. The van der Waals surface area contributed by atoms with E-state index in [0.29, 0.717) is 0 Å². The quantitative estimate of drug-likeness (QED) is 0.438. The third-order valence-electron chi connectivity index (χ3n) is 0.0825. The van der Waals surface area contributed by atoms with Gasteiger partial charge in [-0.1, -0.05) is 0 Å². The van der Waals surface area contributed by atoms with Crippen LogP contribution in [0.3, 0.4) is 0 Å². The summed E-state index contributed by atoms with van der Waals surface area (Å²) < 4.78 is 21.1. The van der Waals surface area contributed by atoms with Crippen molar-refractivity contribution in [1.29, 1.82) is 0 Å². The molecule has 0 unspecified atom stereocenters. The minimum atomic E-state index is -1.31. The molecule has 0 aliphatic rings. The fourth-order valence-corrected chi connectivity index (χ4v) is 0. The molecule has 0 aromatic rings. The van der Waals surface area contributed by atoms with Gasteiger partial charge in [-0.15, -0.1) is 13.2 Å². The van der Waals surface area contributed by atoms with Crippen LogP contribution in [0, 0.1) is 0 Å². The summed E-state index contributed by atoms with van der Waals surface area (Å²) in [5, 5.41) is -1.31. The summed E-state index contributed by atoms with van der Waals surface area (Å²) in [6, 6.07) is 0. The second kappa shape index (κ2) is 9.16.